The van der Waals surface area contributed by atoms with Crippen LogP contribution in [0.25, 0.3) is 28.2 Å². The summed E-state index contributed by atoms with van der Waals surface area (Å²) in [7, 11) is 3.17. The summed E-state index contributed by atoms with van der Waals surface area (Å²) in [5, 5.41) is 11.6. The fourth-order valence-electron chi connectivity index (χ4n) is 4.19. The van der Waals surface area contributed by atoms with E-state index in [0.717, 1.165) is 28.1 Å². The van der Waals surface area contributed by atoms with E-state index >= 15 is 0 Å². The first-order valence-corrected chi connectivity index (χ1v) is 13.7. The van der Waals surface area contributed by atoms with E-state index in [1.165, 1.54) is 23.5 Å². The molecule has 0 saturated carbocycles. The smallest absolute Gasteiger partial charge is 0.387 e. The molecule has 214 valence electrons. The molecule has 2 heterocycles. The average Bonchev–Trinajstić information content (AvgIpc) is 3.63. The third-order valence-corrected chi connectivity index (χ3v) is 7.00. The molecule has 8 nitrogen and oxygen atoms in total. The number of alkyl halides is 2. The van der Waals surface area contributed by atoms with Crippen molar-refractivity contribution in [3.63, 3.8) is 0 Å². The first kappa shape index (κ1) is 28.5. The molecule has 0 N–H and O–H groups in total. The van der Waals surface area contributed by atoms with E-state index in [4.69, 9.17) is 19.7 Å². The van der Waals surface area contributed by atoms with Crippen molar-refractivity contribution in [3.05, 3.63) is 107 Å². The predicted octanol–water partition coefficient (Wildman–Crippen LogP) is 6.66. The maximum atomic E-state index is 12.7. The fraction of sp³-hybridized carbons (Fsp3) is 0.129. The number of benzene rings is 3. The second kappa shape index (κ2) is 13.1. The van der Waals surface area contributed by atoms with Gasteiger partial charge in [0.1, 0.15) is 11.4 Å². The molecule has 0 aliphatic carbocycles. The van der Waals surface area contributed by atoms with Crippen LogP contribution < -0.4 is 19.0 Å². The number of halogens is 2. The molecule has 5 aromatic rings. The van der Waals surface area contributed by atoms with Gasteiger partial charge in [0.05, 0.1) is 38.4 Å². The molecule has 0 atom stereocenters. The molecule has 0 bridgehead atoms. The van der Waals surface area contributed by atoms with E-state index in [1.54, 1.807) is 48.0 Å². The lowest BCUT2D eigenvalue weighted by Gasteiger charge is -2.09. The molecular formula is C31H27F2N5O3S. The van der Waals surface area contributed by atoms with Crippen LogP contribution in [-0.4, -0.2) is 48.0 Å². The first-order chi connectivity index (χ1) is 20.5. The zero-order chi connectivity index (χ0) is 29.5. The number of aromatic nitrogens is 3. The van der Waals surface area contributed by atoms with Crippen LogP contribution >= 0.6 is 11.3 Å². The minimum Gasteiger partial charge on any atom is -0.493 e. The maximum absolute atomic E-state index is 12.7. The van der Waals surface area contributed by atoms with Crippen LogP contribution in [0, 0.1) is 0 Å². The molecule has 0 spiro atoms. The molecule has 42 heavy (non-hydrogen) atoms. The summed E-state index contributed by atoms with van der Waals surface area (Å²) >= 11 is 1.40. The van der Waals surface area contributed by atoms with Crippen LogP contribution in [0.5, 0.6) is 17.2 Å². The standard InChI is InChI=1S/C31H27F2N5O3S/c1-4-16-34-31-38(26(20-42-31)21-10-13-25(14-11-21)41-30(32)33)35-18-23-19-37(24-8-6-5-7-9-24)36-29(23)22-12-15-27(39-2)28(17-22)40-3/h4-15,17-20,30H,1,16H2,2-3H3/b34-31?,35-18+. The summed E-state index contributed by atoms with van der Waals surface area (Å²) in [4.78, 5) is 5.23. The lowest BCUT2D eigenvalue weighted by atomic mass is 10.1. The molecule has 0 amide bonds. The van der Waals surface area contributed by atoms with Gasteiger partial charge in [0.2, 0.25) is 4.80 Å². The number of thiazole rings is 1. The maximum Gasteiger partial charge on any atom is 0.387 e. The minimum atomic E-state index is -2.90. The van der Waals surface area contributed by atoms with Crippen LogP contribution in [0.2, 0.25) is 0 Å². The van der Waals surface area contributed by atoms with Gasteiger partial charge in [0.15, 0.2) is 11.5 Å². The molecule has 0 aliphatic heterocycles. The highest BCUT2D eigenvalue weighted by molar-refractivity contribution is 7.07. The quantitative estimate of drug-likeness (QED) is 0.128. The molecule has 2 aromatic heterocycles. The molecular weight excluding hydrogens is 560 g/mol. The lowest BCUT2D eigenvalue weighted by molar-refractivity contribution is -0.0498. The van der Waals surface area contributed by atoms with Gasteiger partial charge in [-0.2, -0.15) is 19.0 Å². The van der Waals surface area contributed by atoms with Crippen molar-refractivity contribution in [1.29, 1.82) is 0 Å². The van der Waals surface area contributed by atoms with Crippen LogP contribution in [-0.2, 0) is 0 Å². The molecule has 5 rings (SSSR count). The first-order valence-electron chi connectivity index (χ1n) is 12.8. The van der Waals surface area contributed by atoms with Crippen molar-refractivity contribution in [3.8, 4) is 45.5 Å². The van der Waals surface area contributed by atoms with Gasteiger partial charge in [0.25, 0.3) is 0 Å². The van der Waals surface area contributed by atoms with E-state index in [2.05, 4.69) is 16.3 Å². The Balaban J connectivity index is 1.61. The molecule has 11 heteroatoms. The molecule has 0 aliphatic rings. The Labute approximate surface area is 245 Å². The van der Waals surface area contributed by atoms with Gasteiger partial charge in [-0.3, -0.25) is 4.99 Å². The fourth-order valence-corrected chi connectivity index (χ4v) is 5.04. The Kier molecular flexibility index (Phi) is 8.88. The van der Waals surface area contributed by atoms with Gasteiger partial charge in [-0.1, -0.05) is 24.3 Å². The van der Waals surface area contributed by atoms with Crippen LogP contribution in [0.1, 0.15) is 5.56 Å². The van der Waals surface area contributed by atoms with Gasteiger partial charge >= 0.3 is 6.61 Å². The van der Waals surface area contributed by atoms with E-state index in [9.17, 15) is 8.78 Å². The normalized spacial score (nSPS) is 11.8. The van der Waals surface area contributed by atoms with Gasteiger partial charge in [0, 0.05) is 28.3 Å². The average molecular weight is 588 g/mol. The van der Waals surface area contributed by atoms with Crippen molar-refractivity contribution in [1.82, 2.24) is 14.5 Å². The Morgan fingerprint density at radius 2 is 1.71 bits per heavy atom. The highest BCUT2D eigenvalue weighted by Crippen LogP contribution is 2.33. The Bertz CT molecular complexity index is 1760. The third kappa shape index (κ3) is 6.31. The van der Waals surface area contributed by atoms with E-state index in [1.807, 2.05) is 60.1 Å². The van der Waals surface area contributed by atoms with Crippen LogP contribution in [0.3, 0.4) is 0 Å². The van der Waals surface area contributed by atoms with E-state index < -0.39 is 6.61 Å². The molecule has 0 fully saturated rings. The number of para-hydroxylation sites is 1. The van der Waals surface area contributed by atoms with Gasteiger partial charge in [-0.25, -0.2) is 9.36 Å². The number of ether oxygens (including phenoxy) is 3. The predicted molar refractivity (Wildman–Crippen MR) is 160 cm³/mol. The summed E-state index contributed by atoms with van der Waals surface area (Å²) in [6, 6.07) is 21.8. The number of hydrogen-bond donors (Lipinski definition) is 0. The van der Waals surface area contributed by atoms with E-state index in [0.29, 0.717) is 28.5 Å². The third-order valence-electron chi connectivity index (χ3n) is 6.15. The van der Waals surface area contributed by atoms with Crippen molar-refractivity contribution >= 4 is 17.6 Å². The Morgan fingerprint density at radius 3 is 2.40 bits per heavy atom. The SMILES string of the molecule is C=CCN=c1scc(-c2ccc(OC(F)F)cc2)n1/N=C/c1cn(-c2ccccc2)nc1-c1ccc(OC)c(OC)c1. The number of methoxy groups -OCH3 is 2. The molecule has 0 radical (unpaired) electrons. The van der Waals surface area contributed by atoms with Gasteiger partial charge < -0.3 is 14.2 Å². The van der Waals surface area contributed by atoms with Crippen LogP contribution in [0.4, 0.5) is 8.78 Å². The number of nitrogens with zero attached hydrogens (tertiary/aromatic N) is 5. The number of hydrogen-bond acceptors (Lipinski definition) is 7. The Morgan fingerprint density at radius 1 is 0.976 bits per heavy atom. The molecule has 0 saturated heterocycles. The number of rotatable bonds is 11. The molecule has 0 unspecified atom stereocenters. The highest BCUT2D eigenvalue weighted by atomic mass is 32.1. The second-order valence-corrected chi connectivity index (χ2v) is 9.61. The lowest BCUT2D eigenvalue weighted by Crippen LogP contribution is -2.12. The highest BCUT2D eigenvalue weighted by Gasteiger charge is 2.15. The topological polar surface area (TPSA) is 75.2 Å². The summed E-state index contributed by atoms with van der Waals surface area (Å²) in [5.41, 5.74) is 4.60. The largest absolute Gasteiger partial charge is 0.493 e. The molecule has 3 aromatic carbocycles. The Hall–Kier alpha value is -5.03. The van der Waals surface area contributed by atoms with Crippen molar-refractivity contribution in [2.24, 2.45) is 10.1 Å². The summed E-state index contributed by atoms with van der Waals surface area (Å²) < 4.78 is 44.2. The van der Waals surface area contributed by atoms with Crippen molar-refractivity contribution < 1.29 is 23.0 Å². The van der Waals surface area contributed by atoms with Crippen molar-refractivity contribution in [2.45, 2.75) is 6.61 Å². The zero-order valence-corrected chi connectivity index (χ0v) is 23.7. The summed E-state index contributed by atoms with van der Waals surface area (Å²) in [6.45, 7) is 1.26. The monoisotopic (exact) mass is 587 g/mol. The minimum absolute atomic E-state index is 0.0727. The van der Waals surface area contributed by atoms with Crippen LogP contribution in [0.15, 0.2) is 107 Å². The summed E-state index contributed by atoms with van der Waals surface area (Å²) in [6.07, 6.45) is 5.31. The van der Waals surface area contributed by atoms with Gasteiger partial charge in [-0.15, -0.1) is 17.9 Å². The summed E-state index contributed by atoms with van der Waals surface area (Å²) in [5.74, 6) is 1.26. The van der Waals surface area contributed by atoms with Crippen molar-refractivity contribution in [2.75, 3.05) is 20.8 Å². The second-order valence-electron chi connectivity index (χ2n) is 8.78. The van der Waals surface area contributed by atoms with E-state index in [-0.39, 0.29) is 5.75 Å². The zero-order valence-electron chi connectivity index (χ0n) is 22.9. The van der Waals surface area contributed by atoms with Gasteiger partial charge in [-0.05, 0) is 54.6 Å².